The monoisotopic (exact) mass is 254 g/mol. The van der Waals surface area contributed by atoms with Crippen molar-refractivity contribution in [3.05, 3.63) is 35.4 Å². The molecule has 0 radical (unpaired) electrons. The topological polar surface area (TPSA) is 29.3 Å². The molecule has 1 aliphatic rings. The molecule has 1 fully saturated rings. The van der Waals surface area contributed by atoms with E-state index >= 15 is 0 Å². The SMILES string of the molecule is CCN1CCCC(CN)C1c1ccc(F)cc1F. The van der Waals surface area contributed by atoms with Crippen molar-refractivity contribution in [2.75, 3.05) is 19.6 Å². The molecule has 1 aliphatic heterocycles. The lowest BCUT2D eigenvalue weighted by atomic mass is 9.84. The van der Waals surface area contributed by atoms with Crippen molar-refractivity contribution in [2.45, 2.75) is 25.8 Å². The van der Waals surface area contributed by atoms with E-state index in [1.165, 1.54) is 6.07 Å². The molecule has 0 bridgehead atoms. The predicted molar refractivity (Wildman–Crippen MR) is 68.1 cm³/mol. The Balaban J connectivity index is 2.36. The van der Waals surface area contributed by atoms with Crippen LogP contribution in [0.25, 0.3) is 0 Å². The number of nitrogens with two attached hydrogens (primary N) is 1. The summed E-state index contributed by atoms with van der Waals surface area (Å²) in [5.41, 5.74) is 6.38. The number of nitrogens with zero attached hydrogens (tertiary/aromatic N) is 1. The molecular weight excluding hydrogens is 234 g/mol. The van der Waals surface area contributed by atoms with E-state index in [9.17, 15) is 8.78 Å². The van der Waals surface area contributed by atoms with Crippen LogP contribution in [0.3, 0.4) is 0 Å². The molecule has 1 aromatic rings. The second-order valence-electron chi connectivity index (χ2n) is 4.88. The highest BCUT2D eigenvalue weighted by molar-refractivity contribution is 5.23. The largest absolute Gasteiger partial charge is 0.330 e. The predicted octanol–water partition coefficient (Wildman–Crippen LogP) is 2.70. The number of benzene rings is 1. The molecule has 0 aliphatic carbocycles. The zero-order valence-electron chi connectivity index (χ0n) is 10.7. The summed E-state index contributed by atoms with van der Waals surface area (Å²) < 4.78 is 26.9. The Labute approximate surface area is 107 Å². The second-order valence-corrected chi connectivity index (χ2v) is 4.88. The van der Waals surface area contributed by atoms with Crippen molar-refractivity contribution in [1.29, 1.82) is 0 Å². The number of rotatable bonds is 3. The van der Waals surface area contributed by atoms with Crippen molar-refractivity contribution in [1.82, 2.24) is 4.90 Å². The normalized spacial score (nSPS) is 25.3. The van der Waals surface area contributed by atoms with Crippen molar-refractivity contribution in [3.63, 3.8) is 0 Å². The molecule has 2 nitrogen and oxygen atoms in total. The van der Waals surface area contributed by atoms with Gasteiger partial charge < -0.3 is 5.73 Å². The second kappa shape index (κ2) is 5.76. The van der Waals surface area contributed by atoms with Gasteiger partial charge in [0.2, 0.25) is 0 Å². The van der Waals surface area contributed by atoms with Crippen LogP contribution in [0.15, 0.2) is 18.2 Å². The van der Waals surface area contributed by atoms with E-state index < -0.39 is 11.6 Å². The average molecular weight is 254 g/mol. The molecule has 0 spiro atoms. The van der Waals surface area contributed by atoms with Crippen LogP contribution < -0.4 is 5.73 Å². The fraction of sp³-hybridized carbons (Fsp3) is 0.571. The maximum atomic E-state index is 13.9. The third-order valence-electron chi connectivity index (χ3n) is 3.85. The highest BCUT2D eigenvalue weighted by atomic mass is 19.1. The Morgan fingerprint density at radius 1 is 1.39 bits per heavy atom. The van der Waals surface area contributed by atoms with Gasteiger partial charge in [-0.1, -0.05) is 13.0 Å². The standard InChI is InChI=1S/C14H20F2N2/c1-2-18-7-3-4-10(9-17)14(18)12-6-5-11(15)8-13(12)16/h5-6,8,10,14H,2-4,7,9,17H2,1H3. The van der Waals surface area contributed by atoms with Gasteiger partial charge in [0.25, 0.3) is 0 Å². The van der Waals surface area contributed by atoms with E-state index in [0.717, 1.165) is 32.0 Å². The van der Waals surface area contributed by atoms with Crippen molar-refractivity contribution in [3.8, 4) is 0 Å². The molecule has 1 saturated heterocycles. The highest BCUT2D eigenvalue weighted by Gasteiger charge is 2.32. The minimum Gasteiger partial charge on any atom is -0.330 e. The molecule has 2 unspecified atom stereocenters. The summed E-state index contributed by atoms with van der Waals surface area (Å²) in [4.78, 5) is 2.23. The van der Waals surface area contributed by atoms with Gasteiger partial charge in [-0.3, -0.25) is 4.90 Å². The van der Waals surface area contributed by atoms with Crippen LogP contribution in [-0.2, 0) is 0 Å². The van der Waals surface area contributed by atoms with Gasteiger partial charge in [-0.25, -0.2) is 8.78 Å². The lowest BCUT2D eigenvalue weighted by Gasteiger charge is -2.41. The number of hydrogen-bond donors (Lipinski definition) is 1. The molecule has 100 valence electrons. The Morgan fingerprint density at radius 3 is 2.78 bits per heavy atom. The van der Waals surface area contributed by atoms with Crippen molar-refractivity contribution in [2.24, 2.45) is 11.7 Å². The van der Waals surface area contributed by atoms with Crippen molar-refractivity contribution < 1.29 is 8.78 Å². The molecule has 2 atom stereocenters. The Morgan fingerprint density at radius 2 is 2.17 bits per heavy atom. The lowest BCUT2D eigenvalue weighted by Crippen LogP contribution is -2.41. The molecule has 0 aromatic heterocycles. The van der Waals surface area contributed by atoms with Crippen LogP contribution >= 0.6 is 0 Å². The summed E-state index contributed by atoms with van der Waals surface area (Å²) >= 11 is 0. The van der Waals surface area contributed by atoms with E-state index in [4.69, 9.17) is 5.73 Å². The first-order valence-electron chi connectivity index (χ1n) is 6.56. The maximum absolute atomic E-state index is 13.9. The van der Waals surface area contributed by atoms with Crippen molar-refractivity contribution >= 4 is 0 Å². The highest BCUT2D eigenvalue weighted by Crippen LogP contribution is 2.36. The minimum absolute atomic E-state index is 0.0191. The van der Waals surface area contributed by atoms with Gasteiger partial charge >= 0.3 is 0 Å². The van der Waals surface area contributed by atoms with Gasteiger partial charge in [-0.15, -0.1) is 0 Å². The number of hydrogen-bond acceptors (Lipinski definition) is 2. The van der Waals surface area contributed by atoms with Gasteiger partial charge in [-0.05, 0) is 44.5 Å². The Kier molecular flexibility index (Phi) is 4.30. The van der Waals surface area contributed by atoms with E-state index in [-0.39, 0.29) is 12.0 Å². The number of likely N-dealkylation sites (tertiary alicyclic amines) is 1. The third kappa shape index (κ3) is 2.54. The number of halogens is 2. The minimum atomic E-state index is -0.528. The first-order valence-corrected chi connectivity index (χ1v) is 6.56. The molecule has 0 amide bonds. The molecule has 4 heteroatoms. The molecule has 1 heterocycles. The zero-order valence-corrected chi connectivity index (χ0v) is 10.7. The zero-order chi connectivity index (χ0) is 13.1. The third-order valence-corrected chi connectivity index (χ3v) is 3.85. The fourth-order valence-corrected chi connectivity index (χ4v) is 2.95. The lowest BCUT2D eigenvalue weighted by molar-refractivity contribution is 0.0991. The van der Waals surface area contributed by atoms with Gasteiger partial charge in [0.1, 0.15) is 11.6 Å². The van der Waals surface area contributed by atoms with Crippen LogP contribution in [0.5, 0.6) is 0 Å². The first kappa shape index (κ1) is 13.4. The Bertz CT molecular complexity index is 397. The molecule has 2 N–H and O–H groups in total. The van der Waals surface area contributed by atoms with Crippen LogP contribution in [-0.4, -0.2) is 24.5 Å². The summed E-state index contributed by atoms with van der Waals surface area (Å²) in [7, 11) is 0. The maximum Gasteiger partial charge on any atom is 0.130 e. The summed E-state index contributed by atoms with van der Waals surface area (Å²) in [6, 6.07) is 3.83. The van der Waals surface area contributed by atoms with E-state index in [1.807, 2.05) is 0 Å². The van der Waals surface area contributed by atoms with Gasteiger partial charge in [-0.2, -0.15) is 0 Å². The summed E-state index contributed by atoms with van der Waals surface area (Å²) in [5.74, 6) is -0.739. The smallest absolute Gasteiger partial charge is 0.130 e. The quantitative estimate of drug-likeness (QED) is 0.898. The average Bonchev–Trinajstić information content (AvgIpc) is 2.38. The summed E-state index contributed by atoms with van der Waals surface area (Å²) in [6.45, 7) is 4.41. The van der Waals surface area contributed by atoms with Gasteiger partial charge in [0.15, 0.2) is 0 Å². The molecule has 1 aromatic carbocycles. The number of piperidine rings is 1. The van der Waals surface area contributed by atoms with Crippen LogP contribution in [0, 0.1) is 17.6 Å². The molecule has 0 saturated carbocycles. The van der Waals surface area contributed by atoms with E-state index in [0.29, 0.717) is 12.1 Å². The fourth-order valence-electron chi connectivity index (χ4n) is 2.95. The van der Waals surface area contributed by atoms with Crippen LogP contribution in [0.4, 0.5) is 8.78 Å². The van der Waals surface area contributed by atoms with Gasteiger partial charge in [0, 0.05) is 17.7 Å². The van der Waals surface area contributed by atoms with E-state index in [2.05, 4.69) is 11.8 Å². The van der Waals surface area contributed by atoms with Gasteiger partial charge in [0.05, 0.1) is 0 Å². The molecule has 18 heavy (non-hydrogen) atoms. The van der Waals surface area contributed by atoms with Crippen LogP contribution in [0.2, 0.25) is 0 Å². The molecular formula is C14H20F2N2. The summed E-state index contributed by atoms with van der Waals surface area (Å²) in [6.07, 6.45) is 2.10. The Hall–Kier alpha value is -1.00. The first-order chi connectivity index (χ1) is 8.67. The van der Waals surface area contributed by atoms with E-state index in [1.54, 1.807) is 6.07 Å². The van der Waals surface area contributed by atoms with Crippen LogP contribution in [0.1, 0.15) is 31.4 Å². The molecule has 2 rings (SSSR count). The summed E-state index contributed by atoms with van der Waals surface area (Å²) in [5, 5.41) is 0.